The second-order valence-corrected chi connectivity index (χ2v) is 2.40. The van der Waals surface area contributed by atoms with Crippen molar-refractivity contribution >= 4 is 26.3 Å². The number of thiophene rings is 1. The Morgan fingerprint density at radius 3 is 2.33 bits per heavy atom. The van der Waals surface area contributed by atoms with E-state index in [-0.39, 0.29) is 7.69 Å². The summed E-state index contributed by atoms with van der Waals surface area (Å²) >= 11 is 1.31. The monoisotopic (exact) mass is 189 g/mol. The quantitative estimate of drug-likeness (QED) is 0.429. The molecule has 0 aliphatic carbocycles. The summed E-state index contributed by atoms with van der Waals surface area (Å²) in [6.07, 6.45) is 0. The second-order valence-electron chi connectivity index (χ2n) is 1.49. The molecule has 0 aromatic carbocycles. The van der Waals surface area contributed by atoms with Crippen LogP contribution in [0.15, 0.2) is 17.5 Å². The van der Waals surface area contributed by atoms with Gasteiger partial charge in [0.1, 0.15) is 0 Å². The third-order valence-electron chi connectivity index (χ3n) is 0.717. The Bertz CT molecular complexity index is 180. The molecule has 0 unspecified atom stereocenters. The van der Waals surface area contributed by atoms with Gasteiger partial charge in [-0.3, -0.25) is 0 Å². The Morgan fingerprint density at radius 1 is 1.42 bits per heavy atom. The van der Waals surface area contributed by atoms with Crippen LogP contribution in [0.1, 0.15) is 0 Å². The molecule has 0 aliphatic rings. The van der Waals surface area contributed by atoms with E-state index in [0.717, 1.165) is 0 Å². The molecule has 0 atom stereocenters. The first-order valence-electron chi connectivity index (χ1n) is 2.87. The molecule has 65 valence electrons. The Kier molecular flexibility index (Phi) is 6.82. The molecular weight excluding hydrogens is 182 g/mol. The third-order valence-corrected chi connectivity index (χ3v) is 1.47. The number of hydrogen-bond donors (Lipinski definition) is 4. The molecule has 0 bridgehead atoms. The summed E-state index contributed by atoms with van der Waals surface area (Å²) in [4.78, 5) is 0. The molecule has 12 heavy (non-hydrogen) atoms. The molecule has 0 amide bonds. The van der Waals surface area contributed by atoms with Crippen molar-refractivity contribution in [1.29, 1.82) is 0 Å². The van der Waals surface area contributed by atoms with E-state index < -0.39 is 7.32 Å². The van der Waals surface area contributed by atoms with Crippen LogP contribution in [-0.2, 0) is 0 Å². The summed E-state index contributed by atoms with van der Waals surface area (Å²) in [7, 11) is -1.70. The van der Waals surface area contributed by atoms with Gasteiger partial charge in [-0.1, -0.05) is 0 Å². The van der Waals surface area contributed by atoms with Crippen LogP contribution >= 0.6 is 11.3 Å². The van der Waals surface area contributed by atoms with Crippen LogP contribution in [0.4, 0.5) is 0 Å². The predicted molar refractivity (Wildman–Crippen MR) is 45.3 cm³/mol. The third kappa shape index (κ3) is 6.20. The maximum absolute atomic E-state index is 8.26. The zero-order valence-electron chi connectivity index (χ0n) is 5.99. The van der Waals surface area contributed by atoms with Crippen molar-refractivity contribution in [3.8, 4) is 5.06 Å². The van der Waals surface area contributed by atoms with Crippen LogP contribution in [0, 0.1) is 0 Å². The van der Waals surface area contributed by atoms with Gasteiger partial charge in [0.25, 0.3) is 0 Å². The van der Waals surface area contributed by atoms with Crippen LogP contribution in [0.25, 0.3) is 0 Å². The minimum Gasteiger partial charge on any atom is -0.504 e. The van der Waals surface area contributed by atoms with E-state index in [4.69, 9.17) is 20.1 Å². The van der Waals surface area contributed by atoms with Crippen LogP contribution in [0.2, 0.25) is 0 Å². The molecule has 1 heterocycles. The van der Waals surface area contributed by atoms with Crippen LogP contribution in [-0.4, -0.2) is 35.1 Å². The zero-order valence-corrected chi connectivity index (χ0v) is 6.81. The van der Waals surface area contributed by atoms with E-state index in [1.165, 1.54) is 11.3 Å². The van der Waals surface area contributed by atoms with Crippen molar-refractivity contribution in [3.05, 3.63) is 17.5 Å². The normalized spacial score (nSPS) is 8.00. The van der Waals surface area contributed by atoms with Gasteiger partial charge in [-0.15, -0.1) is 11.3 Å². The van der Waals surface area contributed by atoms with E-state index in [2.05, 4.69) is 4.65 Å². The highest BCUT2D eigenvalue weighted by Crippen LogP contribution is 2.17. The van der Waals surface area contributed by atoms with Gasteiger partial charge in [0.05, 0.1) is 0 Å². The van der Waals surface area contributed by atoms with E-state index >= 15 is 0 Å². The van der Waals surface area contributed by atoms with E-state index in [1.807, 2.05) is 0 Å². The van der Waals surface area contributed by atoms with E-state index in [1.54, 1.807) is 17.5 Å². The van der Waals surface area contributed by atoms with Gasteiger partial charge in [-0.25, -0.2) is 0 Å². The van der Waals surface area contributed by atoms with Gasteiger partial charge in [-0.2, -0.15) is 0 Å². The Labute approximate surface area is 74.4 Å². The molecule has 0 spiro atoms. The molecule has 0 fully saturated rings. The first-order valence-corrected chi connectivity index (χ1v) is 3.75. The number of hydrogen-bond acceptors (Lipinski definition) is 6. The summed E-state index contributed by atoms with van der Waals surface area (Å²) in [5.74, 6) is 0. The fourth-order valence-corrected chi connectivity index (χ4v) is 1.02. The minimum atomic E-state index is -1.70. The first kappa shape index (κ1) is 11.5. The molecule has 1 aromatic rings. The molecule has 0 saturated heterocycles. The van der Waals surface area contributed by atoms with Crippen molar-refractivity contribution in [2.75, 3.05) is 0 Å². The minimum absolute atomic E-state index is 0. The summed E-state index contributed by atoms with van der Waals surface area (Å²) in [5.41, 5.74) is 0. The van der Waals surface area contributed by atoms with Gasteiger partial charge < -0.3 is 24.8 Å². The lowest BCUT2D eigenvalue weighted by Crippen LogP contribution is -2.19. The smallest absolute Gasteiger partial charge is 0.504 e. The van der Waals surface area contributed by atoms with E-state index in [0.29, 0.717) is 5.06 Å². The highest BCUT2D eigenvalue weighted by molar-refractivity contribution is 7.12. The van der Waals surface area contributed by atoms with Gasteiger partial charge in [0.2, 0.25) is 0 Å². The molecule has 8 heteroatoms. The Morgan fingerprint density at radius 2 is 2.00 bits per heavy atom. The van der Waals surface area contributed by atoms with Gasteiger partial charge in [0, 0.05) is 0 Å². The summed E-state index contributed by atoms with van der Waals surface area (Å²) < 4.78 is 4.48. The lowest BCUT2D eigenvalue weighted by molar-refractivity contribution is 0.291. The maximum Gasteiger partial charge on any atom is 0.708 e. The van der Waals surface area contributed by atoms with Crippen molar-refractivity contribution < 1.29 is 24.8 Å². The van der Waals surface area contributed by atoms with Crippen molar-refractivity contribution in [1.82, 2.24) is 0 Å². The van der Waals surface area contributed by atoms with Crippen LogP contribution in [0.5, 0.6) is 5.06 Å². The molecule has 1 rings (SSSR count). The fraction of sp³-hybridized carbons (Fsp3) is 0. The molecule has 1 aromatic heterocycles. The van der Waals surface area contributed by atoms with Gasteiger partial charge in [-0.05, 0) is 17.5 Å². The summed E-state index contributed by atoms with van der Waals surface area (Å²) in [5, 5.41) is 32.8. The fourth-order valence-electron chi connectivity index (χ4n) is 0.434. The van der Waals surface area contributed by atoms with Crippen LogP contribution in [0.3, 0.4) is 0 Å². The zero-order chi connectivity index (χ0) is 9.40. The molecule has 5 nitrogen and oxygen atoms in total. The average Bonchev–Trinajstić information content (AvgIpc) is 2.40. The highest BCUT2D eigenvalue weighted by Gasteiger charge is 2.10. The maximum atomic E-state index is 8.26. The predicted octanol–water partition coefficient (Wildman–Crippen LogP) is -1.40. The SMILES string of the molecule is OB(O)Oc1cccs1.O[B]O. The van der Waals surface area contributed by atoms with Crippen LogP contribution < -0.4 is 4.65 Å². The lowest BCUT2D eigenvalue weighted by atomic mass is 10.3. The highest BCUT2D eigenvalue weighted by atomic mass is 32.1. The van der Waals surface area contributed by atoms with Crippen molar-refractivity contribution in [2.45, 2.75) is 0 Å². The molecular formula is C4H7B2O5S. The average molecular weight is 189 g/mol. The molecule has 1 radical (unpaired) electrons. The van der Waals surface area contributed by atoms with E-state index in [9.17, 15) is 0 Å². The first-order chi connectivity index (χ1) is 5.70. The largest absolute Gasteiger partial charge is 0.708 e. The summed E-state index contributed by atoms with van der Waals surface area (Å²) in [6.45, 7) is 0. The van der Waals surface area contributed by atoms with Crippen molar-refractivity contribution in [2.24, 2.45) is 0 Å². The standard InChI is InChI=1S/C4H5BO3S.BH2O2/c6-5(7)8-4-2-1-3-9-4;2-1-3/h1-3,6-7H;2-3H. The Hall–Kier alpha value is -0.530. The topological polar surface area (TPSA) is 90.2 Å². The van der Waals surface area contributed by atoms with Gasteiger partial charge >= 0.3 is 15.0 Å². The van der Waals surface area contributed by atoms with Gasteiger partial charge in [0.15, 0.2) is 5.06 Å². The molecule has 0 aliphatic heterocycles. The number of rotatable bonds is 2. The lowest BCUT2D eigenvalue weighted by Gasteiger charge is -1.97. The molecule has 4 N–H and O–H groups in total. The van der Waals surface area contributed by atoms with Crippen molar-refractivity contribution in [3.63, 3.8) is 0 Å². The molecule has 0 saturated carbocycles. The second kappa shape index (κ2) is 7.14. The Balaban J connectivity index is 0.000000354. The summed E-state index contributed by atoms with van der Waals surface area (Å²) in [6, 6.07) is 3.42.